The number of amides is 1. The lowest BCUT2D eigenvalue weighted by atomic mass is 9.97. The SMILES string of the molecule is CCCCC(CC)C(=O)N(C)CC(C)C(=O)OC. The molecule has 0 aliphatic heterocycles. The summed E-state index contributed by atoms with van der Waals surface area (Å²) >= 11 is 0. The first kappa shape index (κ1) is 16.9. The molecule has 0 spiro atoms. The lowest BCUT2D eigenvalue weighted by molar-refractivity contribution is -0.146. The van der Waals surface area contributed by atoms with Crippen LogP contribution in [0.25, 0.3) is 0 Å². The first-order valence-corrected chi connectivity index (χ1v) is 6.80. The van der Waals surface area contributed by atoms with Crippen LogP contribution in [0.4, 0.5) is 0 Å². The summed E-state index contributed by atoms with van der Waals surface area (Å²) < 4.78 is 4.67. The van der Waals surface area contributed by atoms with Crippen LogP contribution in [0.5, 0.6) is 0 Å². The third-order valence-electron chi connectivity index (χ3n) is 3.28. The molecule has 0 heterocycles. The molecule has 2 atom stereocenters. The minimum absolute atomic E-state index is 0.0831. The van der Waals surface area contributed by atoms with Crippen molar-refractivity contribution in [1.82, 2.24) is 4.90 Å². The number of methoxy groups -OCH3 is 1. The molecule has 0 saturated heterocycles. The molecular weight excluding hydrogens is 230 g/mol. The fraction of sp³-hybridized carbons (Fsp3) is 0.857. The Morgan fingerprint density at radius 2 is 1.89 bits per heavy atom. The van der Waals surface area contributed by atoms with Crippen LogP contribution in [-0.4, -0.2) is 37.5 Å². The van der Waals surface area contributed by atoms with Crippen LogP contribution >= 0.6 is 0 Å². The molecule has 0 radical (unpaired) electrons. The van der Waals surface area contributed by atoms with Crippen molar-refractivity contribution in [2.45, 2.75) is 46.5 Å². The first-order chi connectivity index (χ1) is 8.47. The van der Waals surface area contributed by atoms with Crippen molar-refractivity contribution in [3.8, 4) is 0 Å². The van der Waals surface area contributed by atoms with E-state index in [9.17, 15) is 9.59 Å². The average molecular weight is 257 g/mol. The molecule has 0 rings (SSSR count). The number of ether oxygens (including phenoxy) is 1. The van der Waals surface area contributed by atoms with Gasteiger partial charge in [-0.1, -0.05) is 33.6 Å². The molecule has 0 aromatic rings. The van der Waals surface area contributed by atoms with Crippen LogP contribution < -0.4 is 0 Å². The second kappa shape index (κ2) is 8.95. The first-order valence-electron chi connectivity index (χ1n) is 6.80. The van der Waals surface area contributed by atoms with Gasteiger partial charge in [0.2, 0.25) is 5.91 Å². The number of carbonyl (C=O) groups excluding carboxylic acids is 2. The highest BCUT2D eigenvalue weighted by Crippen LogP contribution is 2.16. The normalized spacial score (nSPS) is 13.8. The summed E-state index contributed by atoms with van der Waals surface area (Å²) in [6.45, 7) is 6.37. The molecule has 2 unspecified atom stereocenters. The third-order valence-corrected chi connectivity index (χ3v) is 3.28. The summed E-state index contributed by atoms with van der Waals surface area (Å²) in [6.07, 6.45) is 3.97. The minimum Gasteiger partial charge on any atom is -0.469 e. The van der Waals surface area contributed by atoms with Gasteiger partial charge in [-0.25, -0.2) is 0 Å². The maximum absolute atomic E-state index is 12.2. The van der Waals surface area contributed by atoms with Crippen molar-refractivity contribution >= 4 is 11.9 Å². The zero-order valence-electron chi connectivity index (χ0n) is 12.4. The van der Waals surface area contributed by atoms with E-state index < -0.39 is 0 Å². The predicted molar refractivity (Wildman–Crippen MR) is 72.1 cm³/mol. The van der Waals surface area contributed by atoms with Crippen molar-refractivity contribution in [2.75, 3.05) is 20.7 Å². The Morgan fingerprint density at radius 1 is 1.28 bits per heavy atom. The van der Waals surface area contributed by atoms with E-state index >= 15 is 0 Å². The monoisotopic (exact) mass is 257 g/mol. The predicted octanol–water partition coefficient (Wildman–Crippen LogP) is 2.47. The molecule has 0 N–H and O–H groups in total. The van der Waals surface area contributed by atoms with Gasteiger partial charge in [0.1, 0.15) is 0 Å². The molecule has 0 bridgehead atoms. The zero-order valence-corrected chi connectivity index (χ0v) is 12.4. The Kier molecular flexibility index (Phi) is 8.42. The highest BCUT2D eigenvalue weighted by Gasteiger charge is 2.23. The lowest BCUT2D eigenvalue weighted by Gasteiger charge is -2.25. The summed E-state index contributed by atoms with van der Waals surface area (Å²) in [5.74, 6) is -0.314. The molecule has 0 fully saturated rings. The molecule has 0 saturated carbocycles. The van der Waals surface area contributed by atoms with Gasteiger partial charge in [0.05, 0.1) is 13.0 Å². The second-order valence-corrected chi connectivity index (χ2v) is 4.89. The van der Waals surface area contributed by atoms with E-state index in [1.807, 2.05) is 6.92 Å². The van der Waals surface area contributed by atoms with Crippen LogP contribution in [0.1, 0.15) is 46.5 Å². The quantitative estimate of drug-likeness (QED) is 0.628. The van der Waals surface area contributed by atoms with Crippen molar-refractivity contribution < 1.29 is 14.3 Å². The molecule has 0 aliphatic rings. The molecular formula is C14H27NO3. The van der Waals surface area contributed by atoms with Crippen LogP contribution in [0.15, 0.2) is 0 Å². The van der Waals surface area contributed by atoms with E-state index in [1.165, 1.54) is 7.11 Å². The van der Waals surface area contributed by atoms with E-state index in [4.69, 9.17) is 0 Å². The fourth-order valence-electron chi connectivity index (χ4n) is 2.04. The third kappa shape index (κ3) is 5.52. The second-order valence-electron chi connectivity index (χ2n) is 4.89. The molecule has 18 heavy (non-hydrogen) atoms. The van der Waals surface area contributed by atoms with Crippen molar-refractivity contribution in [3.63, 3.8) is 0 Å². The summed E-state index contributed by atoms with van der Waals surface area (Å²) in [5.41, 5.74) is 0. The Morgan fingerprint density at radius 3 is 2.33 bits per heavy atom. The smallest absolute Gasteiger partial charge is 0.310 e. The number of hydrogen-bond acceptors (Lipinski definition) is 3. The summed E-state index contributed by atoms with van der Waals surface area (Å²) in [4.78, 5) is 25.2. The lowest BCUT2D eigenvalue weighted by Crippen LogP contribution is -2.37. The Labute approximate surface area is 111 Å². The standard InChI is InChI=1S/C14H27NO3/c1-6-8-9-12(7-2)13(16)15(4)10-11(3)14(17)18-5/h11-12H,6-10H2,1-5H3. The van der Waals surface area contributed by atoms with Crippen LogP contribution in [0.2, 0.25) is 0 Å². The largest absolute Gasteiger partial charge is 0.469 e. The van der Waals surface area contributed by atoms with E-state index in [1.54, 1.807) is 18.9 Å². The van der Waals surface area contributed by atoms with E-state index in [-0.39, 0.29) is 23.7 Å². The molecule has 0 aromatic carbocycles. The van der Waals surface area contributed by atoms with Gasteiger partial charge in [-0.05, 0) is 12.8 Å². The van der Waals surface area contributed by atoms with Gasteiger partial charge < -0.3 is 9.64 Å². The van der Waals surface area contributed by atoms with Gasteiger partial charge >= 0.3 is 5.97 Å². The van der Waals surface area contributed by atoms with Gasteiger partial charge in [0.15, 0.2) is 0 Å². The molecule has 4 heteroatoms. The Bertz CT molecular complexity index is 266. The topological polar surface area (TPSA) is 46.6 Å². The van der Waals surface area contributed by atoms with E-state index in [2.05, 4.69) is 11.7 Å². The average Bonchev–Trinajstić information content (AvgIpc) is 2.37. The number of esters is 1. The van der Waals surface area contributed by atoms with E-state index in [0.29, 0.717) is 6.54 Å². The maximum Gasteiger partial charge on any atom is 0.310 e. The Balaban J connectivity index is 4.33. The number of unbranched alkanes of at least 4 members (excludes halogenated alkanes) is 1. The highest BCUT2D eigenvalue weighted by atomic mass is 16.5. The van der Waals surface area contributed by atoms with Gasteiger partial charge in [-0.3, -0.25) is 9.59 Å². The van der Waals surface area contributed by atoms with Gasteiger partial charge in [0, 0.05) is 19.5 Å². The summed E-state index contributed by atoms with van der Waals surface area (Å²) in [7, 11) is 3.13. The Hall–Kier alpha value is -1.06. The number of carbonyl (C=O) groups is 2. The molecule has 0 aliphatic carbocycles. The van der Waals surface area contributed by atoms with Crippen LogP contribution in [0, 0.1) is 11.8 Å². The molecule has 106 valence electrons. The molecule has 0 aromatic heterocycles. The van der Waals surface area contributed by atoms with Gasteiger partial charge in [0.25, 0.3) is 0 Å². The van der Waals surface area contributed by atoms with Crippen molar-refractivity contribution in [1.29, 1.82) is 0 Å². The zero-order chi connectivity index (χ0) is 14.1. The minimum atomic E-state index is -0.271. The van der Waals surface area contributed by atoms with E-state index in [0.717, 1.165) is 25.7 Å². The summed E-state index contributed by atoms with van der Waals surface area (Å²) in [5, 5.41) is 0. The van der Waals surface area contributed by atoms with Gasteiger partial charge in [-0.2, -0.15) is 0 Å². The van der Waals surface area contributed by atoms with Crippen molar-refractivity contribution in [2.24, 2.45) is 11.8 Å². The van der Waals surface area contributed by atoms with Crippen LogP contribution in [0.3, 0.4) is 0 Å². The van der Waals surface area contributed by atoms with Gasteiger partial charge in [-0.15, -0.1) is 0 Å². The van der Waals surface area contributed by atoms with Crippen molar-refractivity contribution in [3.05, 3.63) is 0 Å². The summed E-state index contributed by atoms with van der Waals surface area (Å²) in [6, 6.07) is 0. The number of hydrogen-bond donors (Lipinski definition) is 0. The number of nitrogens with zero attached hydrogens (tertiary/aromatic N) is 1. The highest BCUT2D eigenvalue weighted by molar-refractivity contribution is 5.79. The number of rotatable bonds is 8. The molecule has 1 amide bonds. The molecule has 4 nitrogen and oxygen atoms in total. The fourth-order valence-corrected chi connectivity index (χ4v) is 2.04. The maximum atomic E-state index is 12.2. The van der Waals surface area contributed by atoms with Crippen LogP contribution in [-0.2, 0) is 14.3 Å².